The van der Waals surface area contributed by atoms with Crippen molar-refractivity contribution in [2.24, 2.45) is 0 Å². The van der Waals surface area contributed by atoms with Crippen molar-refractivity contribution >= 4 is 39.1 Å². The van der Waals surface area contributed by atoms with Crippen LogP contribution in [0.5, 0.6) is 0 Å². The minimum Gasteiger partial charge on any atom is -0.326 e. The maximum atomic E-state index is 11.9. The molecule has 0 spiro atoms. The number of amides is 1. The number of nitrogens with zero attached hydrogens (tertiary/aromatic N) is 1. The van der Waals surface area contributed by atoms with Gasteiger partial charge >= 0.3 is 0 Å². The number of aromatic nitrogens is 1. The molecule has 0 aliphatic rings. The van der Waals surface area contributed by atoms with Crippen molar-refractivity contribution in [3.05, 3.63) is 57.3 Å². The van der Waals surface area contributed by atoms with Gasteiger partial charge in [0, 0.05) is 16.4 Å². The summed E-state index contributed by atoms with van der Waals surface area (Å²) in [5, 5.41) is 3.36. The zero-order valence-corrected chi connectivity index (χ0v) is 12.6. The fourth-order valence-corrected chi connectivity index (χ4v) is 2.06. The Morgan fingerprint density at radius 1 is 1.42 bits per heavy atom. The molecule has 98 valence electrons. The van der Waals surface area contributed by atoms with Gasteiger partial charge in [0.05, 0.1) is 17.1 Å². The molecule has 1 amide bonds. The molecule has 0 fully saturated rings. The molecule has 2 rings (SSSR count). The fraction of sp³-hybridized carbons (Fsp3) is 0.143. The quantitative estimate of drug-likeness (QED) is 0.919. The van der Waals surface area contributed by atoms with E-state index in [4.69, 9.17) is 11.6 Å². The Hall–Kier alpha value is -1.39. The molecule has 0 bridgehead atoms. The van der Waals surface area contributed by atoms with Gasteiger partial charge in [-0.1, -0.05) is 17.7 Å². The maximum Gasteiger partial charge on any atom is 0.230 e. The highest BCUT2D eigenvalue weighted by Gasteiger charge is 2.08. The standard InChI is InChI=1S/C14H12BrClN2O/c1-9-3-2-6-17-13(9)8-14(19)18-10-4-5-11(15)12(16)7-10/h2-7H,8H2,1H3,(H,18,19). The van der Waals surface area contributed by atoms with Crippen LogP contribution in [0.25, 0.3) is 0 Å². The molecule has 0 atom stereocenters. The van der Waals surface area contributed by atoms with E-state index >= 15 is 0 Å². The summed E-state index contributed by atoms with van der Waals surface area (Å²) in [5.74, 6) is -0.111. The highest BCUT2D eigenvalue weighted by atomic mass is 79.9. The molecule has 0 aliphatic heterocycles. The Kier molecular flexibility index (Phi) is 4.56. The average molecular weight is 340 g/mol. The lowest BCUT2D eigenvalue weighted by Crippen LogP contribution is -2.15. The van der Waals surface area contributed by atoms with Gasteiger partial charge in [0.25, 0.3) is 0 Å². The predicted molar refractivity (Wildman–Crippen MR) is 80.5 cm³/mol. The number of nitrogens with one attached hydrogen (secondary N) is 1. The van der Waals surface area contributed by atoms with E-state index in [0.29, 0.717) is 10.7 Å². The fourth-order valence-electron chi connectivity index (χ4n) is 1.63. The van der Waals surface area contributed by atoms with Gasteiger partial charge in [0.15, 0.2) is 0 Å². The number of carbonyl (C=O) groups excluding carboxylic acids is 1. The van der Waals surface area contributed by atoms with Gasteiger partial charge in [-0.3, -0.25) is 9.78 Å². The lowest BCUT2D eigenvalue weighted by atomic mass is 10.1. The number of aryl methyl sites for hydroxylation is 1. The van der Waals surface area contributed by atoms with Gasteiger partial charge in [0.2, 0.25) is 5.91 Å². The van der Waals surface area contributed by atoms with Crippen molar-refractivity contribution in [2.75, 3.05) is 5.32 Å². The molecule has 3 nitrogen and oxygen atoms in total. The zero-order valence-electron chi connectivity index (χ0n) is 10.3. The van der Waals surface area contributed by atoms with Crippen molar-refractivity contribution in [2.45, 2.75) is 13.3 Å². The topological polar surface area (TPSA) is 42.0 Å². The van der Waals surface area contributed by atoms with Gasteiger partial charge in [0.1, 0.15) is 0 Å². The number of halogens is 2. The molecule has 0 radical (unpaired) electrons. The van der Waals surface area contributed by atoms with E-state index in [1.54, 1.807) is 24.4 Å². The van der Waals surface area contributed by atoms with Gasteiger partial charge in [-0.2, -0.15) is 0 Å². The van der Waals surface area contributed by atoms with Gasteiger partial charge in [-0.25, -0.2) is 0 Å². The Morgan fingerprint density at radius 3 is 2.89 bits per heavy atom. The molecule has 1 heterocycles. The van der Waals surface area contributed by atoms with Crippen LogP contribution in [0.3, 0.4) is 0 Å². The van der Waals surface area contributed by atoms with E-state index in [0.717, 1.165) is 15.7 Å². The number of benzene rings is 1. The third-order valence-corrected chi connectivity index (χ3v) is 3.88. The Bertz CT molecular complexity index is 616. The molecule has 0 aliphatic carbocycles. The molecule has 2 aromatic rings. The highest BCUT2D eigenvalue weighted by molar-refractivity contribution is 9.10. The molecule has 0 saturated heterocycles. The summed E-state index contributed by atoms with van der Waals surface area (Å²) in [6, 6.07) is 9.08. The molecule has 1 aromatic carbocycles. The van der Waals surface area contributed by atoms with E-state index in [2.05, 4.69) is 26.2 Å². The van der Waals surface area contributed by atoms with Crippen LogP contribution in [0.2, 0.25) is 5.02 Å². The van der Waals surface area contributed by atoms with Crippen LogP contribution in [-0.4, -0.2) is 10.9 Å². The molecule has 1 aromatic heterocycles. The van der Waals surface area contributed by atoms with E-state index in [-0.39, 0.29) is 12.3 Å². The van der Waals surface area contributed by atoms with Crippen LogP contribution in [0.15, 0.2) is 41.0 Å². The number of hydrogen-bond acceptors (Lipinski definition) is 2. The second-order valence-electron chi connectivity index (χ2n) is 4.12. The van der Waals surface area contributed by atoms with Gasteiger partial charge < -0.3 is 5.32 Å². The summed E-state index contributed by atoms with van der Waals surface area (Å²) >= 11 is 9.28. The van der Waals surface area contributed by atoms with Crippen molar-refractivity contribution < 1.29 is 4.79 Å². The van der Waals surface area contributed by atoms with Crippen LogP contribution in [-0.2, 0) is 11.2 Å². The first-order valence-electron chi connectivity index (χ1n) is 5.71. The minimum absolute atomic E-state index is 0.111. The first-order valence-corrected chi connectivity index (χ1v) is 6.89. The normalized spacial score (nSPS) is 10.3. The second-order valence-corrected chi connectivity index (χ2v) is 5.38. The lowest BCUT2D eigenvalue weighted by molar-refractivity contribution is -0.115. The summed E-state index contributed by atoms with van der Waals surface area (Å²) in [4.78, 5) is 16.1. The highest BCUT2D eigenvalue weighted by Crippen LogP contribution is 2.25. The third-order valence-electron chi connectivity index (χ3n) is 2.65. The van der Waals surface area contributed by atoms with Crippen LogP contribution < -0.4 is 5.32 Å². The maximum absolute atomic E-state index is 11.9. The monoisotopic (exact) mass is 338 g/mol. The lowest BCUT2D eigenvalue weighted by Gasteiger charge is -2.07. The van der Waals surface area contributed by atoms with Crippen LogP contribution in [0.4, 0.5) is 5.69 Å². The molecule has 0 unspecified atom stereocenters. The zero-order chi connectivity index (χ0) is 13.8. The molecule has 19 heavy (non-hydrogen) atoms. The Labute approximate surface area is 125 Å². The third kappa shape index (κ3) is 3.78. The summed E-state index contributed by atoms with van der Waals surface area (Å²) < 4.78 is 0.799. The molecular formula is C14H12BrClN2O. The summed E-state index contributed by atoms with van der Waals surface area (Å²) in [7, 11) is 0. The van der Waals surface area contributed by atoms with Crippen LogP contribution in [0, 0.1) is 6.92 Å². The molecule has 5 heteroatoms. The Balaban J connectivity index is 2.05. The predicted octanol–water partition coefficient (Wildman–Crippen LogP) is 3.99. The van der Waals surface area contributed by atoms with E-state index in [1.807, 2.05) is 19.1 Å². The average Bonchev–Trinajstić information content (AvgIpc) is 2.37. The van der Waals surface area contributed by atoms with E-state index in [9.17, 15) is 4.79 Å². The van der Waals surface area contributed by atoms with E-state index in [1.165, 1.54) is 0 Å². The number of carbonyl (C=O) groups is 1. The molecular weight excluding hydrogens is 328 g/mol. The number of pyridine rings is 1. The summed E-state index contributed by atoms with van der Waals surface area (Å²) in [5.41, 5.74) is 2.46. The van der Waals surface area contributed by atoms with Gasteiger partial charge in [-0.15, -0.1) is 0 Å². The van der Waals surface area contributed by atoms with Crippen LogP contribution in [0.1, 0.15) is 11.3 Å². The van der Waals surface area contributed by atoms with Crippen molar-refractivity contribution in [1.82, 2.24) is 4.98 Å². The summed E-state index contributed by atoms with van der Waals surface area (Å²) in [6.45, 7) is 1.94. The SMILES string of the molecule is Cc1cccnc1CC(=O)Nc1ccc(Br)c(Cl)c1. The Morgan fingerprint density at radius 2 is 2.21 bits per heavy atom. The van der Waals surface area contributed by atoms with Crippen LogP contribution >= 0.6 is 27.5 Å². The number of anilines is 1. The molecule has 0 saturated carbocycles. The number of hydrogen-bond donors (Lipinski definition) is 1. The van der Waals surface area contributed by atoms with Gasteiger partial charge in [-0.05, 0) is 52.7 Å². The first-order chi connectivity index (χ1) is 9.06. The smallest absolute Gasteiger partial charge is 0.230 e. The van der Waals surface area contributed by atoms with E-state index < -0.39 is 0 Å². The van der Waals surface area contributed by atoms with Crippen molar-refractivity contribution in [1.29, 1.82) is 0 Å². The second kappa shape index (κ2) is 6.17. The van der Waals surface area contributed by atoms with Crippen molar-refractivity contribution in [3.63, 3.8) is 0 Å². The first kappa shape index (κ1) is 14.0. The number of rotatable bonds is 3. The largest absolute Gasteiger partial charge is 0.326 e. The molecule has 1 N–H and O–H groups in total. The summed E-state index contributed by atoms with van der Waals surface area (Å²) in [6.07, 6.45) is 1.94. The minimum atomic E-state index is -0.111. The van der Waals surface area contributed by atoms with Crippen molar-refractivity contribution in [3.8, 4) is 0 Å².